The molecule has 90 valence electrons. The third-order valence-electron chi connectivity index (χ3n) is 2.12. The second-order valence-electron chi connectivity index (χ2n) is 3.49. The molecule has 0 aromatic heterocycles. The molecule has 0 bridgehead atoms. The molecule has 1 aromatic rings. The van der Waals surface area contributed by atoms with Crippen LogP contribution in [0.1, 0.15) is 12.0 Å². The van der Waals surface area contributed by atoms with Crippen LogP contribution in [0.2, 0.25) is 0 Å². The van der Waals surface area contributed by atoms with Crippen LogP contribution in [-0.4, -0.2) is 23.8 Å². The lowest BCUT2D eigenvalue weighted by Gasteiger charge is -2.13. The quantitative estimate of drug-likeness (QED) is 0.753. The minimum Gasteiger partial charge on any atom is -0.445 e. The van der Waals surface area contributed by atoms with Crippen LogP contribution >= 0.6 is 0 Å². The summed E-state index contributed by atoms with van der Waals surface area (Å²) in [6.07, 6.45) is 4.79. The van der Waals surface area contributed by atoms with Gasteiger partial charge in [0.1, 0.15) is 6.61 Å². The molecule has 1 aromatic carbocycles. The summed E-state index contributed by atoms with van der Waals surface area (Å²) in [5.74, 6) is 2.37. The van der Waals surface area contributed by atoms with Crippen molar-refractivity contribution in [3.8, 4) is 12.3 Å². The molecule has 0 heterocycles. The lowest BCUT2D eigenvalue weighted by Crippen LogP contribution is -2.37. The standard InChI is InChI=1S/C13H15NO3/c1-2-6-12(9-15)14-13(16)17-10-11-7-4-3-5-8-11/h1,3-5,7-8,12,15H,6,9-10H2,(H,14,16). The van der Waals surface area contributed by atoms with Crippen molar-refractivity contribution in [3.05, 3.63) is 35.9 Å². The Morgan fingerprint density at radius 3 is 2.76 bits per heavy atom. The Bertz CT molecular complexity index is 383. The number of amides is 1. The minimum absolute atomic E-state index is 0.195. The summed E-state index contributed by atoms with van der Waals surface area (Å²) in [7, 11) is 0. The van der Waals surface area contributed by atoms with Crippen LogP contribution in [0.4, 0.5) is 4.79 Å². The van der Waals surface area contributed by atoms with E-state index in [2.05, 4.69) is 11.2 Å². The Morgan fingerprint density at radius 1 is 1.47 bits per heavy atom. The van der Waals surface area contributed by atoms with Gasteiger partial charge in [-0.3, -0.25) is 0 Å². The van der Waals surface area contributed by atoms with Crippen LogP contribution in [0.3, 0.4) is 0 Å². The molecule has 1 atom stereocenters. The molecule has 0 fully saturated rings. The Balaban J connectivity index is 2.33. The van der Waals surface area contributed by atoms with Gasteiger partial charge in [-0.15, -0.1) is 12.3 Å². The first-order chi connectivity index (χ1) is 8.26. The van der Waals surface area contributed by atoms with Crippen LogP contribution in [0.25, 0.3) is 0 Å². The second kappa shape index (κ2) is 7.31. The number of benzene rings is 1. The maximum absolute atomic E-state index is 11.3. The van der Waals surface area contributed by atoms with Gasteiger partial charge in [-0.05, 0) is 5.56 Å². The minimum atomic E-state index is -0.580. The predicted octanol–water partition coefficient (Wildman–Crippen LogP) is 1.30. The third kappa shape index (κ3) is 5.05. The fourth-order valence-corrected chi connectivity index (χ4v) is 1.23. The van der Waals surface area contributed by atoms with Crippen molar-refractivity contribution in [1.29, 1.82) is 0 Å². The molecular formula is C13H15NO3. The number of carbonyl (C=O) groups excluding carboxylic acids is 1. The van der Waals surface area contributed by atoms with E-state index in [-0.39, 0.29) is 19.6 Å². The Labute approximate surface area is 101 Å². The number of hydrogen-bond acceptors (Lipinski definition) is 3. The van der Waals surface area contributed by atoms with Crippen molar-refractivity contribution in [2.45, 2.75) is 19.1 Å². The predicted molar refractivity (Wildman–Crippen MR) is 64.1 cm³/mol. The van der Waals surface area contributed by atoms with E-state index >= 15 is 0 Å². The van der Waals surface area contributed by atoms with Gasteiger partial charge in [0.25, 0.3) is 0 Å². The lowest BCUT2D eigenvalue weighted by atomic mass is 10.2. The zero-order valence-corrected chi connectivity index (χ0v) is 9.43. The van der Waals surface area contributed by atoms with Gasteiger partial charge < -0.3 is 15.2 Å². The monoisotopic (exact) mass is 233 g/mol. The lowest BCUT2D eigenvalue weighted by molar-refractivity contribution is 0.129. The zero-order chi connectivity index (χ0) is 12.5. The van der Waals surface area contributed by atoms with E-state index in [1.54, 1.807) is 0 Å². The number of hydrogen-bond donors (Lipinski definition) is 2. The fraction of sp³-hybridized carbons (Fsp3) is 0.308. The van der Waals surface area contributed by atoms with Gasteiger partial charge in [0.2, 0.25) is 0 Å². The molecule has 0 saturated carbocycles. The third-order valence-corrected chi connectivity index (χ3v) is 2.12. The fourth-order valence-electron chi connectivity index (χ4n) is 1.23. The molecular weight excluding hydrogens is 218 g/mol. The van der Waals surface area contributed by atoms with E-state index < -0.39 is 12.1 Å². The van der Waals surface area contributed by atoms with Crippen LogP contribution in [0.15, 0.2) is 30.3 Å². The van der Waals surface area contributed by atoms with E-state index in [4.69, 9.17) is 16.3 Å². The Morgan fingerprint density at radius 2 is 2.18 bits per heavy atom. The first-order valence-corrected chi connectivity index (χ1v) is 5.27. The van der Waals surface area contributed by atoms with Gasteiger partial charge in [0, 0.05) is 6.42 Å². The van der Waals surface area contributed by atoms with E-state index in [0.29, 0.717) is 0 Å². The highest BCUT2D eigenvalue weighted by atomic mass is 16.5. The molecule has 0 aliphatic rings. The molecule has 17 heavy (non-hydrogen) atoms. The normalized spacial score (nSPS) is 11.3. The largest absolute Gasteiger partial charge is 0.445 e. The summed E-state index contributed by atoms with van der Waals surface area (Å²) >= 11 is 0. The van der Waals surface area contributed by atoms with E-state index in [9.17, 15) is 4.79 Å². The molecule has 2 N–H and O–H groups in total. The molecule has 4 heteroatoms. The zero-order valence-electron chi connectivity index (χ0n) is 9.43. The number of rotatable bonds is 5. The van der Waals surface area contributed by atoms with E-state index in [0.717, 1.165) is 5.56 Å². The molecule has 0 aliphatic carbocycles. The van der Waals surface area contributed by atoms with E-state index in [1.165, 1.54) is 0 Å². The van der Waals surface area contributed by atoms with E-state index in [1.807, 2.05) is 30.3 Å². The smallest absolute Gasteiger partial charge is 0.407 e. The molecule has 0 spiro atoms. The molecule has 1 rings (SSSR count). The van der Waals surface area contributed by atoms with Gasteiger partial charge in [-0.2, -0.15) is 0 Å². The van der Waals surface area contributed by atoms with Gasteiger partial charge in [-0.25, -0.2) is 4.79 Å². The summed E-state index contributed by atoms with van der Waals surface area (Å²) in [6.45, 7) is -0.00842. The number of alkyl carbamates (subject to hydrolysis) is 1. The SMILES string of the molecule is C#CCC(CO)NC(=O)OCc1ccccc1. The number of nitrogens with one attached hydrogen (secondary N) is 1. The van der Waals surface area contributed by atoms with Crippen LogP contribution in [0, 0.1) is 12.3 Å². The number of carbonyl (C=O) groups is 1. The first-order valence-electron chi connectivity index (χ1n) is 5.27. The number of aliphatic hydroxyl groups excluding tert-OH is 1. The van der Waals surface area contributed by atoms with Crippen molar-refractivity contribution in [2.24, 2.45) is 0 Å². The van der Waals surface area contributed by atoms with Gasteiger partial charge in [0.05, 0.1) is 12.6 Å². The van der Waals surface area contributed by atoms with Crippen molar-refractivity contribution in [3.63, 3.8) is 0 Å². The number of terminal acetylenes is 1. The molecule has 0 aliphatic heterocycles. The summed E-state index contributed by atoms with van der Waals surface area (Å²) in [5.41, 5.74) is 0.903. The second-order valence-corrected chi connectivity index (χ2v) is 3.49. The Kier molecular flexibility index (Phi) is 5.62. The van der Waals surface area contributed by atoms with Crippen LogP contribution < -0.4 is 5.32 Å². The van der Waals surface area contributed by atoms with Crippen molar-refractivity contribution < 1.29 is 14.6 Å². The van der Waals surface area contributed by atoms with Gasteiger partial charge in [-0.1, -0.05) is 30.3 Å². The maximum atomic E-state index is 11.3. The van der Waals surface area contributed by atoms with Crippen molar-refractivity contribution in [2.75, 3.05) is 6.61 Å². The number of ether oxygens (including phenoxy) is 1. The summed E-state index contributed by atoms with van der Waals surface area (Å²) in [6, 6.07) is 8.88. The average molecular weight is 233 g/mol. The number of aliphatic hydroxyl groups is 1. The van der Waals surface area contributed by atoms with Crippen molar-refractivity contribution >= 4 is 6.09 Å². The highest BCUT2D eigenvalue weighted by Crippen LogP contribution is 2.01. The van der Waals surface area contributed by atoms with Crippen molar-refractivity contribution in [1.82, 2.24) is 5.32 Å². The molecule has 0 radical (unpaired) electrons. The van der Waals surface area contributed by atoms with Gasteiger partial charge in [0.15, 0.2) is 0 Å². The average Bonchev–Trinajstić information content (AvgIpc) is 2.37. The van der Waals surface area contributed by atoms with Gasteiger partial charge >= 0.3 is 6.09 Å². The summed E-state index contributed by atoms with van der Waals surface area (Å²) in [5, 5.41) is 11.4. The molecule has 0 saturated heterocycles. The molecule has 4 nitrogen and oxygen atoms in total. The Hall–Kier alpha value is -1.99. The van der Waals surface area contributed by atoms with Crippen LogP contribution in [0.5, 0.6) is 0 Å². The molecule has 1 amide bonds. The topological polar surface area (TPSA) is 58.6 Å². The first kappa shape index (κ1) is 13.1. The van der Waals surface area contributed by atoms with Crippen LogP contribution in [-0.2, 0) is 11.3 Å². The maximum Gasteiger partial charge on any atom is 0.407 e. The highest BCUT2D eigenvalue weighted by molar-refractivity contribution is 5.67. The summed E-state index contributed by atoms with van der Waals surface area (Å²) < 4.78 is 4.98. The summed E-state index contributed by atoms with van der Waals surface area (Å²) in [4.78, 5) is 11.3. The highest BCUT2D eigenvalue weighted by Gasteiger charge is 2.10. The molecule has 1 unspecified atom stereocenters.